The topological polar surface area (TPSA) is 93.7 Å². The number of amides is 1. The average Bonchev–Trinajstić information content (AvgIpc) is 2.66. The van der Waals surface area contributed by atoms with Gasteiger partial charge in [0.25, 0.3) is 0 Å². The minimum atomic E-state index is -3.99. The molecule has 0 aliphatic heterocycles. The Morgan fingerprint density at radius 1 is 1.38 bits per heavy atom. The highest BCUT2D eigenvalue weighted by atomic mass is 32.2. The van der Waals surface area contributed by atoms with E-state index in [1.54, 1.807) is 11.6 Å². The van der Waals surface area contributed by atoms with Crippen molar-refractivity contribution in [1.29, 1.82) is 0 Å². The Morgan fingerprint density at radius 3 is 2.56 bits per heavy atom. The molecule has 16 heavy (non-hydrogen) atoms. The van der Waals surface area contributed by atoms with Gasteiger partial charge in [0, 0.05) is 0 Å². The molecule has 1 rings (SSSR count). The van der Waals surface area contributed by atoms with Crippen molar-refractivity contribution in [1.82, 2.24) is 9.61 Å². The second kappa shape index (κ2) is 6.02. The van der Waals surface area contributed by atoms with Crippen LogP contribution in [0.15, 0.2) is 0 Å². The minimum Gasteiger partial charge on any atom is -0.449 e. The molecular formula is C8H16N2O5S. The van der Waals surface area contributed by atoms with Crippen molar-refractivity contribution in [3.63, 3.8) is 0 Å². The summed E-state index contributed by atoms with van der Waals surface area (Å²) in [5.41, 5.74) is 0. The summed E-state index contributed by atoms with van der Waals surface area (Å²) in [6, 6.07) is 0. The van der Waals surface area contributed by atoms with E-state index in [1.165, 1.54) is 0 Å². The standard InChI is InChI=1S/C8H16N2O5S/c1-2-14-8(11)9-16(12,13)10-15-7-5-3-4-6-7/h7,10H,2-6H2,1H3,(H,9,11). The molecular weight excluding hydrogens is 236 g/mol. The molecule has 2 N–H and O–H groups in total. The van der Waals surface area contributed by atoms with E-state index in [0.29, 0.717) is 0 Å². The fraction of sp³-hybridized carbons (Fsp3) is 0.875. The van der Waals surface area contributed by atoms with E-state index in [1.807, 2.05) is 4.89 Å². The molecule has 1 aliphatic rings. The van der Waals surface area contributed by atoms with Gasteiger partial charge in [0.05, 0.1) is 12.7 Å². The van der Waals surface area contributed by atoms with Crippen molar-refractivity contribution in [2.75, 3.05) is 6.61 Å². The Morgan fingerprint density at radius 2 is 2.00 bits per heavy atom. The molecule has 0 radical (unpaired) electrons. The fourth-order valence-electron chi connectivity index (χ4n) is 1.43. The summed E-state index contributed by atoms with van der Waals surface area (Å²) in [6.45, 7) is 1.68. The van der Waals surface area contributed by atoms with E-state index >= 15 is 0 Å². The Hall–Kier alpha value is -0.860. The Labute approximate surface area is 94.6 Å². The number of hydrogen-bond donors (Lipinski definition) is 2. The van der Waals surface area contributed by atoms with Crippen molar-refractivity contribution in [3.8, 4) is 0 Å². The fourth-order valence-corrected chi connectivity index (χ4v) is 2.01. The summed E-state index contributed by atoms with van der Waals surface area (Å²) in [6.07, 6.45) is 2.56. The zero-order valence-corrected chi connectivity index (χ0v) is 9.88. The molecule has 1 aliphatic carbocycles. The van der Waals surface area contributed by atoms with Gasteiger partial charge in [-0.3, -0.25) is 4.84 Å². The predicted octanol–water partition coefficient (Wildman–Crippen LogP) is 0.441. The van der Waals surface area contributed by atoms with Crippen LogP contribution in [0.3, 0.4) is 0 Å². The number of carbonyl (C=O) groups excluding carboxylic acids is 1. The van der Waals surface area contributed by atoms with Crippen LogP contribution in [0, 0.1) is 0 Å². The molecule has 1 saturated carbocycles. The van der Waals surface area contributed by atoms with Gasteiger partial charge in [-0.15, -0.1) is 0 Å². The second-order valence-electron chi connectivity index (χ2n) is 3.43. The zero-order valence-electron chi connectivity index (χ0n) is 9.06. The van der Waals surface area contributed by atoms with Crippen LogP contribution in [-0.2, 0) is 19.8 Å². The first-order chi connectivity index (χ1) is 7.53. The normalized spacial score (nSPS) is 17.3. The third-order valence-corrected chi connectivity index (χ3v) is 2.87. The van der Waals surface area contributed by atoms with Gasteiger partial charge in [-0.05, 0) is 19.8 Å². The molecule has 0 saturated heterocycles. The van der Waals surface area contributed by atoms with E-state index in [-0.39, 0.29) is 12.7 Å². The van der Waals surface area contributed by atoms with Gasteiger partial charge in [0.15, 0.2) is 0 Å². The van der Waals surface area contributed by atoms with Crippen molar-refractivity contribution in [2.45, 2.75) is 38.7 Å². The highest BCUT2D eigenvalue weighted by Crippen LogP contribution is 2.19. The molecule has 94 valence electrons. The number of hydrogen-bond acceptors (Lipinski definition) is 5. The smallest absolute Gasteiger partial charge is 0.421 e. The summed E-state index contributed by atoms with van der Waals surface area (Å²) < 4.78 is 28.5. The van der Waals surface area contributed by atoms with Crippen LogP contribution in [0.4, 0.5) is 4.79 Å². The van der Waals surface area contributed by atoms with Gasteiger partial charge in [-0.1, -0.05) is 17.7 Å². The van der Waals surface area contributed by atoms with Gasteiger partial charge < -0.3 is 4.74 Å². The number of ether oxygens (including phenoxy) is 1. The number of rotatable bonds is 5. The van der Waals surface area contributed by atoms with Gasteiger partial charge in [0.1, 0.15) is 0 Å². The van der Waals surface area contributed by atoms with Crippen molar-refractivity contribution in [3.05, 3.63) is 0 Å². The molecule has 0 heterocycles. The maximum atomic E-state index is 11.2. The molecule has 0 unspecified atom stereocenters. The lowest BCUT2D eigenvalue weighted by atomic mass is 10.3. The Bertz CT molecular complexity index is 323. The molecule has 8 heteroatoms. The molecule has 1 fully saturated rings. The molecule has 0 aromatic rings. The quantitative estimate of drug-likeness (QED) is 0.692. The number of nitrogens with one attached hydrogen (secondary N) is 2. The van der Waals surface area contributed by atoms with E-state index in [0.717, 1.165) is 25.7 Å². The summed E-state index contributed by atoms with van der Waals surface area (Å²) in [7, 11) is -3.99. The highest BCUT2D eigenvalue weighted by Gasteiger charge is 2.20. The molecule has 0 aromatic carbocycles. The van der Waals surface area contributed by atoms with E-state index in [9.17, 15) is 13.2 Å². The van der Waals surface area contributed by atoms with Gasteiger partial charge in [-0.2, -0.15) is 8.42 Å². The molecule has 1 amide bonds. The van der Waals surface area contributed by atoms with E-state index in [4.69, 9.17) is 4.84 Å². The zero-order chi connectivity index (χ0) is 12.0. The van der Waals surface area contributed by atoms with Crippen LogP contribution in [0.25, 0.3) is 0 Å². The monoisotopic (exact) mass is 252 g/mol. The lowest BCUT2D eigenvalue weighted by Gasteiger charge is -2.12. The molecule has 0 aromatic heterocycles. The predicted molar refractivity (Wildman–Crippen MR) is 55.6 cm³/mol. The second-order valence-corrected chi connectivity index (χ2v) is 4.81. The lowest BCUT2D eigenvalue weighted by molar-refractivity contribution is 0.0216. The first-order valence-electron chi connectivity index (χ1n) is 5.15. The van der Waals surface area contributed by atoms with Crippen LogP contribution in [0.1, 0.15) is 32.6 Å². The molecule has 0 atom stereocenters. The van der Waals surface area contributed by atoms with E-state index < -0.39 is 16.3 Å². The van der Waals surface area contributed by atoms with Crippen molar-refractivity contribution in [2.24, 2.45) is 0 Å². The van der Waals surface area contributed by atoms with Crippen molar-refractivity contribution < 1.29 is 22.8 Å². The SMILES string of the molecule is CCOC(=O)NS(=O)(=O)NOC1CCCC1. The Balaban J connectivity index is 2.30. The first kappa shape index (κ1) is 13.2. The van der Waals surface area contributed by atoms with E-state index in [2.05, 4.69) is 4.74 Å². The van der Waals surface area contributed by atoms with Gasteiger partial charge in [0.2, 0.25) is 0 Å². The summed E-state index contributed by atoms with van der Waals surface area (Å²) in [4.78, 5) is 17.6. The maximum absolute atomic E-state index is 11.2. The van der Waals surface area contributed by atoms with Gasteiger partial charge >= 0.3 is 16.3 Å². The summed E-state index contributed by atoms with van der Waals surface area (Å²) in [5.74, 6) is 0. The molecule has 7 nitrogen and oxygen atoms in total. The summed E-state index contributed by atoms with van der Waals surface area (Å²) in [5, 5.41) is 0. The third kappa shape index (κ3) is 4.77. The molecule has 0 bridgehead atoms. The molecule has 0 spiro atoms. The first-order valence-corrected chi connectivity index (χ1v) is 6.64. The lowest BCUT2D eigenvalue weighted by Crippen LogP contribution is -2.41. The average molecular weight is 252 g/mol. The maximum Gasteiger partial charge on any atom is 0.421 e. The third-order valence-electron chi connectivity index (χ3n) is 2.12. The van der Waals surface area contributed by atoms with Crippen LogP contribution in [-0.4, -0.2) is 27.2 Å². The Kier molecular flexibility index (Phi) is 4.97. The van der Waals surface area contributed by atoms with Crippen LogP contribution in [0.5, 0.6) is 0 Å². The van der Waals surface area contributed by atoms with Gasteiger partial charge in [-0.25, -0.2) is 9.52 Å². The highest BCUT2D eigenvalue weighted by molar-refractivity contribution is 7.87. The van der Waals surface area contributed by atoms with Crippen molar-refractivity contribution >= 4 is 16.3 Å². The van der Waals surface area contributed by atoms with Crippen LogP contribution < -0.4 is 9.61 Å². The van der Waals surface area contributed by atoms with Crippen LogP contribution in [0.2, 0.25) is 0 Å². The number of carbonyl (C=O) groups is 1. The van der Waals surface area contributed by atoms with Crippen LogP contribution >= 0.6 is 0 Å². The summed E-state index contributed by atoms with van der Waals surface area (Å²) >= 11 is 0. The largest absolute Gasteiger partial charge is 0.449 e. The minimum absolute atomic E-state index is 0.102.